The monoisotopic (exact) mass is 368 g/mol. The maximum absolute atomic E-state index is 12.1. The highest BCUT2D eigenvalue weighted by molar-refractivity contribution is 7.00. The number of benzene rings is 2. The summed E-state index contributed by atoms with van der Waals surface area (Å²) in [5, 5.41) is 0.784. The van der Waals surface area contributed by atoms with Crippen LogP contribution in [0.15, 0.2) is 40.8 Å². The summed E-state index contributed by atoms with van der Waals surface area (Å²) in [5.74, 6) is 0.414. The Labute approximate surface area is 153 Å². The van der Waals surface area contributed by atoms with Crippen molar-refractivity contribution in [3.63, 3.8) is 0 Å². The smallest absolute Gasteiger partial charge is 0.374 e. The highest BCUT2D eigenvalue weighted by atomic mass is 32.1. The number of esters is 1. The molecule has 0 aliphatic carbocycles. The minimum atomic E-state index is -0.464. The molecule has 4 rings (SSSR count). The third-order valence-electron chi connectivity index (χ3n) is 4.09. The molecular weight excluding hydrogens is 352 g/mol. The predicted molar refractivity (Wildman–Crippen MR) is 98.7 cm³/mol. The Morgan fingerprint density at radius 1 is 1.19 bits per heavy atom. The molecule has 0 fully saturated rings. The Hall–Kier alpha value is -2.93. The van der Waals surface area contributed by atoms with Crippen LogP contribution in [-0.2, 0) is 11.3 Å². The van der Waals surface area contributed by atoms with Crippen LogP contribution in [-0.4, -0.2) is 21.3 Å². The fourth-order valence-corrected chi connectivity index (χ4v) is 3.37. The molecule has 6 nitrogen and oxygen atoms in total. The summed E-state index contributed by atoms with van der Waals surface area (Å²) in [5.41, 5.74) is 4.05. The van der Waals surface area contributed by atoms with E-state index in [0.29, 0.717) is 30.1 Å². The Morgan fingerprint density at radius 3 is 2.88 bits per heavy atom. The number of aromatic nitrogens is 2. The Balaban J connectivity index is 1.64. The lowest BCUT2D eigenvalue weighted by Gasteiger charge is -2.08. The number of carbonyl (C=O) groups excluding carboxylic acids is 1. The average molecular weight is 368 g/mol. The second kappa shape index (κ2) is 6.76. The van der Waals surface area contributed by atoms with Gasteiger partial charge in [0, 0.05) is 5.56 Å². The van der Waals surface area contributed by atoms with E-state index in [1.165, 1.54) is 11.7 Å². The Bertz CT molecular complexity index is 1100. The van der Waals surface area contributed by atoms with E-state index in [9.17, 15) is 4.79 Å². The van der Waals surface area contributed by atoms with Crippen LogP contribution in [0.3, 0.4) is 0 Å². The highest BCUT2D eigenvalue weighted by Gasteiger charge is 2.21. The van der Waals surface area contributed by atoms with Gasteiger partial charge >= 0.3 is 5.97 Å². The SMILES string of the molecule is CCOC(=O)c1oc2cccc(OCc3ccc4nsnc4c3)c2c1C. The summed E-state index contributed by atoms with van der Waals surface area (Å²) in [7, 11) is 0. The summed E-state index contributed by atoms with van der Waals surface area (Å²) in [6.07, 6.45) is 0. The van der Waals surface area contributed by atoms with Crippen molar-refractivity contribution in [3.8, 4) is 5.75 Å². The molecule has 2 aromatic heterocycles. The number of nitrogens with zero attached hydrogens (tertiary/aromatic N) is 2. The summed E-state index contributed by atoms with van der Waals surface area (Å²) in [4.78, 5) is 12.1. The van der Waals surface area contributed by atoms with Gasteiger partial charge in [-0.25, -0.2) is 4.79 Å². The number of rotatable bonds is 5. The van der Waals surface area contributed by atoms with Crippen molar-refractivity contribution in [2.24, 2.45) is 0 Å². The number of ether oxygens (including phenoxy) is 2. The van der Waals surface area contributed by atoms with Gasteiger partial charge in [-0.05, 0) is 43.7 Å². The zero-order valence-electron chi connectivity index (χ0n) is 14.3. The fraction of sp³-hybridized carbons (Fsp3) is 0.211. The van der Waals surface area contributed by atoms with Crippen molar-refractivity contribution in [1.29, 1.82) is 0 Å². The van der Waals surface area contributed by atoms with E-state index in [4.69, 9.17) is 13.9 Å². The van der Waals surface area contributed by atoms with Gasteiger partial charge in [-0.2, -0.15) is 8.75 Å². The van der Waals surface area contributed by atoms with Gasteiger partial charge in [0.1, 0.15) is 29.0 Å². The molecule has 0 radical (unpaired) electrons. The van der Waals surface area contributed by atoms with Crippen LogP contribution in [0.4, 0.5) is 0 Å². The lowest BCUT2D eigenvalue weighted by atomic mass is 10.1. The summed E-state index contributed by atoms with van der Waals surface area (Å²) in [6, 6.07) is 11.4. The molecule has 0 saturated heterocycles. The minimum Gasteiger partial charge on any atom is -0.488 e. The van der Waals surface area contributed by atoms with Crippen molar-refractivity contribution in [2.75, 3.05) is 6.61 Å². The van der Waals surface area contributed by atoms with Crippen molar-refractivity contribution in [3.05, 3.63) is 53.3 Å². The molecule has 0 amide bonds. The van der Waals surface area contributed by atoms with E-state index < -0.39 is 5.97 Å². The van der Waals surface area contributed by atoms with E-state index in [1.807, 2.05) is 43.3 Å². The van der Waals surface area contributed by atoms with Gasteiger partial charge in [-0.1, -0.05) is 12.1 Å². The van der Waals surface area contributed by atoms with E-state index in [2.05, 4.69) is 8.75 Å². The topological polar surface area (TPSA) is 74.5 Å². The van der Waals surface area contributed by atoms with Crippen molar-refractivity contribution < 1.29 is 18.7 Å². The molecule has 2 heterocycles. The van der Waals surface area contributed by atoms with E-state index in [0.717, 1.165) is 22.0 Å². The molecule has 0 bridgehead atoms. The highest BCUT2D eigenvalue weighted by Crippen LogP contribution is 2.34. The molecule has 0 spiro atoms. The second-order valence-electron chi connectivity index (χ2n) is 5.78. The molecule has 0 atom stereocenters. The third-order valence-corrected chi connectivity index (χ3v) is 4.65. The number of aryl methyl sites for hydroxylation is 1. The molecule has 2 aromatic carbocycles. The van der Waals surface area contributed by atoms with E-state index in [-0.39, 0.29) is 5.76 Å². The van der Waals surface area contributed by atoms with Crippen LogP contribution in [0.25, 0.3) is 22.0 Å². The maximum atomic E-state index is 12.1. The average Bonchev–Trinajstić information content (AvgIpc) is 3.24. The van der Waals surface area contributed by atoms with Crippen LogP contribution in [0.5, 0.6) is 5.75 Å². The van der Waals surface area contributed by atoms with Crippen molar-refractivity contribution in [2.45, 2.75) is 20.5 Å². The summed E-state index contributed by atoms with van der Waals surface area (Å²) in [6.45, 7) is 4.27. The standard InChI is InChI=1S/C19H16N2O4S/c1-3-23-19(22)18-11(2)17-15(5-4-6-16(17)25-18)24-10-12-7-8-13-14(9-12)21-26-20-13/h4-9H,3,10H2,1-2H3. The quantitative estimate of drug-likeness (QED) is 0.483. The Kier molecular flexibility index (Phi) is 4.30. The van der Waals surface area contributed by atoms with Crippen LogP contribution >= 0.6 is 11.7 Å². The fourth-order valence-electron chi connectivity index (χ4n) is 2.86. The van der Waals surface area contributed by atoms with Crippen LogP contribution < -0.4 is 4.74 Å². The molecule has 0 aliphatic rings. The minimum absolute atomic E-state index is 0.216. The van der Waals surface area contributed by atoms with Gasteiger partial charge in [-0.15, -0.1) is 0 Å². The molecule has 26 heavy (non-hydrogen) atoms. The molecular formula is C19H16N2O4S. The molecule has 4 aromatic rings. The van der Waals surface area contributed by atoms with E-state index >= 15 is 0 Å². The molecule has 0 aliphatic heterocycles. The molecule has 7 heteroatoms. The van der Waals surface area contributed by atoms with Gasteiger partial charge in [0.15, 0.2) is 0 Å². The lowest BCUT2D eigenvalue weighted by Crippen LogP contribution is -2.04. The maximum Gasteiger partial charge on any atom is 0.374 e. The van der Waals surface area contributed by atoms with Crippen LogP contribution in [0, 0.1) is 6.92 Å². The van der Waals surface area contributed by atoms with Crippen LogP contribution in [0.2, 0.25) is 0 Å². The lowest BCUT2D eigenvalue weighted by molar-refractivity contribution is 0.0491. The van der Waals surface area contributed by atoms with E-state index in [1.54, 1.807) is 6.92 Å². The van der Waals surface area contributed by atoms with Gasteiger partial charge in [0.2, 0.25) is 5.76 Å². The number of carbonyl (C=O) groups is 1. The van der Waals surface area contributed by atoms with Crippen molar-refractivity contribution >= 4 is 39.7 Å². The van der Waals surface area contributed by atoms with Gasteiger partial charge in [0.05, 0.1) is 23.7 Å². The van der Waals surface area contributed by atoms with Crippen molar-refractivity contribution in [1.82, 2.24) is 8.75 Å². The molecule has 0 unspecified atom stereocenters. The largest absolute Gasteiger partial charge is 0.488 e. The second-order valence-corrected chi connectivity index (χ2v) is 6.31. The summed E-state index contributed by atoms with van der Waals surface area (Å²) >= 11 is 1.19. The number of hydrogen-bond acceptors (Lipinski definition) is 7. The van der Waals surface area contributed by atoms with Crippen LogP contribution in [0.1, 0.15) is 28.6 Å². The first-order chi connectivity index (χ1) is 12.7. The molecule has 132 valence electrons. The van der Waals surface area contributed by atoms with Gasteiger partial charge in [0.25, 0.3) is 0 Å². The van der Waals surface area contributed by atoms with Gasteiger partial charge < -0.3 is 13.9 Å². The van der Waals surface area contributed by atoms with Gasteiger partial charge in [-0.3, -0.25) is 0 Å². The normalized spacial score (nSPS) is 11.2. The zero-order valence-corrected chi connectivity index (χ0v) is 15.1. The first-order valence-electron chi connectivity index (χ1n) is 8.20. The Morgan fingerprint density at radius 2 is 2.04 bits per heavy atom. The summed E-state index contributed by atoms with van der Waals surface area (Å²) < 4.78 is 25.2. The first-order valence-corrected chi connectivity index (χ1v) is 8.93. The number of fused-ring (bicyclic) bond motifs is 2. The molecule has 0 N–H and O–H groups in total. The zero-order chi connectivity index (χ0) is 18.1. The number of furan rings is 1. The predicted octanol–water partition coefficient (Wildman–Crippen LogP) is 4.50. The third kappa shape index (κ3) is 2.90. The molecule has 0 saturated carbocycles. The first kappa shape index (κ1) is 16.5. The number of hydrogen-bond donors (Lipinski definition) is 0.